The highest BCUT2D eigenvalue weighted by Crippen LogP contribution is 2.31. The Bertz CT molecular complexity index is 1180. The first kappa shape index (κ1) is 18.7. The van der Waals surface area contributed by atoms with Gasteiger partial charge in [-0.1, -0.05) is 39.4 Å². The molecule has 0 fully saturated rings. The molecule has 0 bridgehead atoms. The zero-order valence-electron chi connectivity index (χ0n) is 14.5. The van der Waals surface area contributed by atoms with Gasteiger partial charge < -0.3 is 5.32 Å². The van der Waals surface area contributed by atoms with Gasteiger partial charge in [-0.2, -0.15) is 9.61 Å². The molecule has 28 heavy (non-hydrogen) atoms. The third-order valence-electron chi connectivity index (χ3n) is 3.89. The van der Waals surface area contributed by atoms with Crippen molar-refractivity contribution in [1.82, 2.24) is 25.1 Å². The van der Waals surface area contributed by atoms with Crippen molar-refractivity contribution < 1.29 is 4.79 Å². The minimum Gasteiger partial charge on any atom is -0.332 e. The van der Waals surface area contributed by atoms with Crippen LogP contribution in [-0.2, 0) is 0 Å². The number of thiocarbonyl (C=S) groups is 1. The number of carbonyl (C=O) groups excluding carboxylic acids is 1. The molecule has 0 radical (unpaired) electrons. The fraction of sp³-hybridized carbons (Fsp3) is 0.0556. The Hall–Kier alpha value is -2.69. The van der Waals surface area contributed by atoms with Crippen LogP contribution in [-0.4, -0.2) is 30.8 Å². The smallest absolute Gasteiger partial charge is 0.257 e. The summed E-state index contributed by atoms with van der Waals surface area (Å²) >= 11 is 10.1. The van der Waals surface area contributed by atoms with E-state index < -0.39 is 0 Å². The highest BCUT2D eigenvalue weighted by atomic mass is 79.9. The Morgan fingerprint density at radius 3 is 2.64 bits per heavy atom. The molecule has 1 amide bonds. The molecule has 2 aromatic carbocycles. The van der Waals surface area contributed by atoms with E-state index in [0.717, 1.165) is 26.6 Å². The van der Waals surface area contributed by atoms with Crippen molar-refractivity contribution in [2.24, 2.45) is 0 Å². The number of nitrogens with one attached hydrogen (secondary N) is 2. The molecule has 140 valence electrons. The predicted octanol–water partition coefficient (Wildman–Crippen LogP) is 4.05. The second kappa shape index (κ2) is 7.74. The van der Waals surface area contributed by atoms with Gasteiger partial charge in [0.15, 0.2) is 10.9 Å². The molecule has 0 saturated carbocycles. The Morgan fingerprint density at radius 2 is 1.89 bits per heavy atom. The molecule has 0 spiro atoms. The number of benzene rings is 2. The summed E-state index contributed by atoms with van der Waals surface area (Å²) in [4.78, 5) is 13.1. The minimum atomic E-state index is -0.281. The van der Waals surface area contributed by atoms with Gasteiger partial charge in [0.25, 0.3) is 5.91 Å². The number of aryl methyl sites for hydroxylation is 1. The van der Waals surface area contributed by atoms with Gasteiger partial charge in [0.1, 0.15) is 5.01 Å². The fourth-order valence-corrected chi connectivity index (χ4v) is 3.92. The number of anilines is 1. The number of halogens is 1. The van der Waals surface area contributed by atoms with Crippen LogP contribution in [0.15, 0.2) is 53.0 Å². The number of para-hydroxylation sites is 1. The van der Waals surface area contributed by atoms with Crippen molar-refractivity contribution in [2.45, 2.75) is 6.92 Å². The second-order valence-corrected chi connectivity index (χ2v) is 8.09. The summed E-state index contributed by atoms with van der Waals surface area (Å²) in [6.07, 6.45) is 0. The zero-order valence-corrected chi connectivity index (χ0v) is 17.7. The average molecular weight is 473 g/mol. The summed E-state index contributed by atoms with van der Waals surface area (Å²) < 4.78 is 2.60. The van der Waals surface area contributed by atoms with Crippen LogP contribution in [0.4, 0.5) is 5.69 Å². The standard InChI is InChI=1S/C18H13BrN6OS2/c1-10-22-23-18-25(10)24-16(28-18)13-4-2-3-5-14(13)20-17(27)21-15(26)11-6-8-12(19)9-7-11/h2-9H,1H3,(H2,20,21,26,27). The number of rotatable bonds is 3. The molecule has 0 atom stereocenters. The molecule has 0 aliphatic rings. The zero-order chi connectivity index (χ0) is 19.7. The van der Waals surface area contributed by atoms with Gasteiger partial charge in [-0.25, -0.2) is 0 Å². The van der Waals surface area contributed by atoms with E-state index in [1.807, 2.05) is 31.2 Å². The third-order valence-corrected chi connectivity index (χ3v) is 5.55. The minimum absolute atomic E-state index is 0.208. The number of nitrogens with zero attached hydrogens (tertiary/aromatic N) is 4. The van der Waals surface area contributed by atoms with E-state index in [2.05, 4.69) is 41.9 Å². The van der Waals surface area contributed by atoms with Crippen molar-refractivity contribution in [1.29, 1.82) is 0 Å². The maximum atomic E-state index is 12.3. The Balaban J connectivity index is 1.54. The van der Waals surface area contributed by atoms with Gasteiger partial charge in [0.05, 0.1) is 5.69 Å². The number of hydrogen-bond donors (Lipinski definition) is 2. The molecule has 2 aromatic heterocycles. The van der Waals surface area contributed by atoms with Crippen LogP contribution < -0.4 is 10.6 Å². The molecule has 2 heterocycles. The van der Waals surface area contributed by atoms with Gasteiger partial charge in [0.2, 0.25) is 4.96 Å². The van der Waals surface area contributed by atoms with Crippen LogP contribution in [0.1, 0.15) is 16.2 Å². The molecule has 10 heteroatoms. The number of amides is 1. The summed E-state index contributed by atoms with van der Waals surface area (Å²) in [6.45, 7) is 1.85. The van der Waals surface area contributed by atoms with Crippen molar-refractivity contribution in [3.05, 3.63) is 64.4 Å². The van der Waals surface area contributed by atoms with Gasteiger partial charge in [-0.15, -0.1) is 10.2 Å². The van der Waals surface area contributed by atoms with Crippen molar-refractivity contribution >= 4 is 61.2 Å². The Morgan fingerprint density at radius 1 is 1.14 bits per heavy atom. The maximum absolute atomic E-state index is 12.3. The monoisotopic (exact) mass is 472 g/mol. The number of hydrogen-bond acceptors (Lipinski definition) is 6. The molecule has 0 aliphatic heterocycles. The number of carbonyl (C=O) groups is 1. The normalized spacial score (nSPS) is 10.8. The van der Waals surface area contributed by atoms with Crippen molar-refractivity contribution in [3.63, 3.8) is 0 Å². The molecular formula is C18H13BrN6OS2. The first-order valence-corrected chi connectivity index (χ1v) is 10.2. The Kier molecular flexibility index (Phi) is 5.16. The highest BCUT2D eigenvalue weighted by Gasteiger charge is 2.15. The summed E-state index contributed by atoms with van der Waals surface area (Å²) in [5.74, 6) is 0.442. The second-order valence-electron chi connectivity index (χ2n) is 5.81. The first-order valence-electron chi connectivity index (χ1n) is 8.17. The van der Waals surface area contributed by atoms with Gasteiger partial charge >= 0.3 is 0 Å². The summed E-state index contributed by atoms with van der Waals surface area (Å²) in [7, 11) is 0. The molecular weight excluding hydrogens is 460 g/mol. The van der Waals surface area contributed by atoms with Crippen LogP contribution in [0.2, 0.25) is 0 Å². The van der Waals surface area contributed by atoms with Crippen LogP contribution in [0.3, 0.4) is 0 Å². The lowest BCUT2D eigenvalue weighted by Crippen LogP contribution is -2.34. The molecule has 7 nitrogen and oxygen atoms in total. The Labute approximate surface area is 177 Å². The molecule has 0 aliphatic carbocycles. The van der Waals surface area contributed by atoms with E-state index in [0.29, 0.717) is 10.5 Å². The summed E-state index contributed by atoms with van der Waals surface area (Å²) in [5.41, 5.74) is 2.12. The van der Waals surface area contributed by atoms with Gasteiger partial charge in [0, 0.05) is 15.6 Å². The predicted molar refractivity (Wildman–Crippen MR) is 117 cm³/mol. The largest absolute Gasteiger partial charge is 0.332 e. The SMILES string of the molecule is Cc1nnc2sc(-c3ccccc3NC(=S)NC(=O)c3ccc(Br)cc3)nn12. The molecule has 0 saturated heterocycles. The van der Waals surface area contributed by atoms with Crippen molar-refractivity contribution in [3.8, 4) is 10.6 Å². The van der Waals surface area contributed by atoms with E-state index in [-0.39, 0.29) is 11.0 Å². The van der Waals surface area contributed by atoms with Gasteiger partial charge in [-0.05, 0) is 55.5 Å². The summed E-state index contributed by atoms with van der Waals surface area (Å²) in [5, 5.41) is 19.4. The van der Waals surface area contributed by atoms with Crippen LogP contribution >= 0.6 is 39.5 Å². The lowest BCUT2D eigenvalue weighted by atomic mass is 10.2. The van der Waals surface area contributed by atoms with E-state index >= 15 is 0 Å². The first-order chi connectivity index (χ1) is 13.5. The van der Waals surface area contributed by atoms with E-state index in [9.17, 15) is 4.79 Å². The molecule has 2 N–H and O–H groups in total. The lowest BCUT2D eigenvalue weighted by molar-refractivity contribution is 0.0977. The average Bonchev–Trinajstić information content (AvgIpc) is 3.25. The third kappa shape index (κ3) is 3.79. The number of aromatic nitrogens is 4. The molecule has 4 aromatic rings. The molecule has 4 rings (SSSR count). The quantitative estimate of drug-likeness (QED) is 0.437. The molecule has 0 unspecified atom stereocenters. The van der Waals surface area contributed by atoms with E-state index in [1.54, 1.807) is 28.8 Å². The van der Waals surface area contributed by atoms with Crippen LogP contribution in [0.5, 0.6) is 0 Å². The topological polar surface area (TPSA) is 84.2 Å². The van der Waals surface area contributed by atoms with Crippen LogP contribution in [0, 0.1) is 6.92 Å². The highest BCUT2D eigenvalue weighted by molar-refractivity contribution is 9.10. The van der Waals surface area contributed by atoms with E-state index in [1.165, 1.54) is 11.3 Å². The van der Waals surface area contributed by atoms with Gasteiger partial charge in [-0.3, -0.25) is 10.1 Å². The maximum Gasteiger partial charge on any atom is 0.257 e. The summed E-state index contributed by atoms with van der Waals surface area (Å²) in [6, 6.07) is 14.7. The van der Waals surface area contributed by atoms with Crippen molar-refractivity contribution in [2.75, 3.05) is 5.32 Å². The lowest BCUT2D eigenvalue weighted by Gasteiger charge is -2.12. The number of fused-ring (bicyclic) bond motifs is 1. The van der Waals surface area contributed by atoms with E-state index in [4.69, 9.17) is 12.2 Å². The fourth-order valence-electron chi connectivity index (χ4n) is 2.53. The van der Waals surface area contributed by atoms with Crippen LogP contribution in [0.25, 0.3) is 15.5 Å².